The first-order valence-corrected chi connectivity index (χ1v) is 6.08. The summed E-state index contributed by atoms with van der Waals surface area (Å²) in [6.45, 7) is 0. The Hall–Kier alpha value is -1.50. The van der Waals surface area contributed by atoms with Crippen LogP contribution in [0.5, 0.6) is 0 Å². The smallest absolute Gasteiger partial charge is 0.101 e. The number of nitriles is 1. The minimum Gasteiger partial charge on any atom is -0.354 e. The molecule has 0 saturated carbocycles. The Labute approximate surface area is 113 Å². The molecule has 17 heavy (non-hydrogen) atoms. The van der Waals surface area contributed by atoms with Crippen LogP contribution in [0.4, 0.5) is 11.4 Å². The molecule has 2 aromatic carbocycles. The monoisotopic (exact) mass is 306 g/mol. The molecular formula is C13H8BrClN2. The van der Waals surface area contributed by atoms with Crippen LogP contribution in [0, 0.1) is 11.3 Å². The molecule has 2 rings (SSSR count). The second-order valence-electron chi connectivity index (χ2n) is 3.44. The molecule has 84 valence electrons. The van der Waals surface area contributed by atoms with Crippen molar-refractivity contribution >= 4 is 38.9 Å². The summed E-state index contributed by atoms with van der Waals surface area (Å²) < 4.78 is 0.975. The van der Waals surface area contributed by atoms with Crippen molar-refractivity contribution in [2.24, 2.45) is 0 Å². The van der Waals surface area contributed by atoms with E-state index in [1.54, 1.807) is 18.2 Å². The summed E-state index contributed by atoms with van der Waals surface area (Å²) in [5, 5.41) is 12.8. The molecule has 0 heterocycles. The third-order valence-electron chi connectivity index (χ3n) is 2.21. The molecule has 0 bridgehead atoms. The van der Waals surface area contributed by atoms with Crippen molar-refractivity contribution in [1.29, 1.82) is 5.26 Å². The van der Waals surface area contributed by atoms with Crippen molar-refractivity contribution in [2.45, 2.75) is 0 Å². The molecule has 0 aliphatic heterocycles. The van der Waals surface area contributed by atoms with Gasteiger partial charge in [0.2, 0.25) is 0 Å². The van der Waals surface area contributed by atoms with Crippen molar-refractivity contribution in [3.8, 4) is 6.07 Å². The van der Waals surface area contributed by atoms with Gasteiger partial charge in [0.1, 0.15) is 6.07 Å². The first-order valence-electron chi connectivity index (χ1n) is 4.91. The number of benzene rings is 2. The number of anilines is 2. The van der Waals surface area contributed by atoms with Crippen molar-refractivity contribution in [3.05, 3.63) is 57.5 Å². The average molecular weight is 308 g/mol. The fourth-order valence-electron chi connectivity index (χ4n) is 1.44. The van der Waals surface area contributed by atoms with E-state index in [9.17, 15) is 0 Å². The van der Waals surface area contributed by atoms with Crippen LogP contribution in [0.15, 0.2) is 46.9 Å². The fraction of sp³-hybridized carbons (Fsp3) is 0. The van der Waals surface area contributed by atoms with Gasteiger partial charge in [0.05, 0.1) is 11.3 Å². The molecule has 4 heteroatoms. The van der Waals surface area contributed by atoms with E-state index in [2.05, 4.69) is 27.3 Å². The van der Waals surface area contributed by atoms with E-state index in [0.717, 1.165) is 10.2 Å². The molecule has 0 aliphatic carbocycles. The summed E-state index contributed by atoms with van der Waals surface area (Å²) >= 11 is 9.31. The standard InChI is InChI=1S/C13H8BrClN2/c14-10-2-1-3-12(6-10)17-13-7-11(15)5-4-9(13)8-16/h1-7,17H. The van der Waals surface area contributed by atoms with Crippen molar-refractivity contribution in [1.82, 2.24) is 0 Å². The van der Waals surface area contributed by atoms with Crippen LogP contribution >= 0.6 is 27.5 Å². The van der Waals surface area contributed by atoms with Crippen LogP contribution in [0.3, 0.4) is 0 Å². The molecule has 0 atom stereocenters. The lowest BCUT2D eigenvalue weighted by Gasteiger charge is -2.08. The zero-order chi connectivity index (χ0) is 12.3. The van der Waals surface area contributed by atoms with Crippen LogP contribution in [-0.2, 0) is 0 Å². The Morgan fingerprint density at radius 3 is 2.71 bits per heavy atom. The zero-order valence-electron chi connectivity index (χ0n) is 8.74. The Bertz CT molecular complexity index is 590. The van der Waals surface area contributed by atoms with Gasteiger partial charge in [-0.2, -0.15) is 5.26 Å². The molecule has 0 spiro atoms. The van der Waals surface area contributed by atoms with Crippen molar-refractivity contribution in [2.75, 3.05) is 5.32 Å². The summed E-state index contributed by atoms with van der Waals surface area (Å²) in [5.41, 5.74) is 2.17. The molecule has 0 fully saturated rings. The predicted octanol–water partition coefficient (Wildman–Crippen LogP) is 4.72. The second kappa shape index (κ2) is 5.22. The number of rotatable bonds is 2. The van der Waals surface area contributed by atoms with E-state index in [0.29, 0.717) is 16.3 Å². The van der Waals surface area contributed by atoms with E-state index < -0.39 is 0 Å². The number of hydrogen-bond acceptors (Lipinski definition) is 2. The summed E-state index contributed by atoms with van der Waals surface area (Å²) in [6.07, 6.45) is 0. The lowest BCUT2D eigenvalue weighted by molar-refractivity contribution is 1.46. The van der Waals surface area contributed by atoms with Crippen molar-refractivity contribution < 1.29 is 0 Å². The Kier molecular flexibility index (Phi) is 3.68. The van der Waals surface area contributed by atoms with Gasteiger partial charge >= 0.3 is 0 Å². The molecule has 0 amide bonds. The van der Waals surface area contributed by atoms with Gasteiger partial charge < -0.3 is 5.32 Å². The Morgan fingerprint density at radius 2 is 2.00 bits per heavy atom. The van der Waals surface area contributed by atoms with Gasteiger partial charge in [-0.3, -0.25) is 0 Å². The van der Waals surface area contributed by atoms with Gasteiger partial charge in [0.25, 0.3) is 0 Å². The van der Waals surface area contributed by atoms with Gasteiger partial charge in [0, 0.05) is 15.2 Å². The Morgan fingerprint density at radius 1 is 1.18 bits per heavy atom. The molecule has 1 N–H and O–H groups in total. The lowest BCUT2D eigenvalue weighted by Crippen LogP contribution is -1.93. The summed E-state index contributed by atoms with van der Waals surface area (Å²) in [5.74, 6) is 0. The van der Waals surface area contributed by atoms with E-state index in [-0.39, 0.29) is 0 Å². The SMILES string of the molecule is N#Cc1ccc(Cl)cc1Nc1cccc(Br)c1. The molecule has 0 aliphatic rings. The van der Waals surface area contributed by atoms with E-state index in [4.69, 9.17) is 16.9 Å². The van der Waals surface area contributed by atoms with Crippen LogP contribution in [0.1, 0.15) is 5.56 Å². The number of nitrogens with one attached hydrogen (secondary N) is 1. The zero-order valence-corrected chi connectivity index (χ0v) is 11.1. The highest BCUT2D eigenvalue weighted by Gasteiger charge is 2.03. The molecule has 0 saturated heterocycles. The highest BCUT2D eigenvalue weighted by Crippen LogP contribution is 2.25. The second-order valence-corrected chi connectivity index (χ2v) is 4.79. The van der Waals surface area contributed by atoms with Crippen LogP contribution in [-0.4, -0.2) is 0 Å². The molecule has 0 aromatic heterocycles. The maximum absolute atomic E-state index is 9.00. The van der Waals surface area contributed by atoms with Gasteiger partial charge in [-0.1, -0.05) is 33.6 Å². The average Bonchev–Trinajstić information content (AvgIpc) is 2.29. The highest BCUT2D eigenvalue weighted by atomic mass is 79.9. The normalized spacial score (nSPS) is 9.71. The molecular weight excluding hydrogens is 300 g/mol. The largest absolute Gasteiger partial charge is 0.354 e. The minimum atomic E-state index is 0.564. The van der Waals surface area contributed by atoms with Crippen LogP contribution in [0.2, 0.25) is 5.02 Å². The van der Waals surface area contributed by atoms with E-state index >= 15 is 0 Å². The summed E-state index contributed by atoms with van der Waals surface area (Å²) in [4.78, 5) is 0. The van der Waals surface area contributed by atoms with Crippen LogP contribution < -0.4 is 5.32 Å². The topological polar surface area (TPSA) is 35.8 Å². The quantitative estimate of drug-likeness (QED) is 0.871. The third-order valence-corrected chi connectivity index (χ3v) is 2.93. The predicted molar refractivity (Wildman–Crippen MR) is 73.6 cm³/mol. The first-order chi connectivity index (χ1) is 8.19. The van der Waals surface area contributed by atoms with Gasteiger partial charge in [0.15, 0.2) is 0 Å². The minimum absolute atomic E-state index is 0.564. The first kappa shape index (κ1) is 12.0. The number of hydrogen-bond donors (Lipinski definition) is 1. The fourth-order valence-corrected chi connectivity index (χ4v) is 2.01. The third kappa shape index (κ3) is 3.00. The Balaban J connectivity index is 2.36. The number of halogens is 2. The number of nitrogens with zero attached hydrogens (tertiary/aromatic N) is 1. The molecule has 0 unspecified atom stereocenters. The molecule has 2 nitrogen and oxygen atoms in total. The maximum atomic E-state index is 9.00. The van der Waals surface area contributed by atoms with Gasteiger partial charge in [-0.05, 0) is 36.4 Å². The van der Waals surface area contributed by atoms with Crippen molar-refractivity contribution in [3.63, 3.8) is 0 Å². The summed E-state index contributed by atoms with van der Waals surface area (Å²) in [6, 6.07) is 15.0. The lowest BCUT2D eigenvalue weighted by atomic mass is 10.2. The van der Waals surface area contributed by atoms with E-state index in [1.807, 2.05) is 24.3 Å². The van der Waals surface area contributed by atoms with Gasteiger partial charge in [-0.15, -0.1) is 0 Å². The maximum Gasteiger partial charge on any atom is 0.101 e. The molecule has 2 aromatic rings. The van der Waals surface area contributed by atoms with Gasteiger partial charge in [-0.25, -0.2) is 0 Å². The highest BCUT2D eigenvalue weighted by molar-refractivity contribution is 9.10. The summed E-state index contributed by atoms with van der Waals surface area (Å²) in [7, 11) is 0. The van der Waals surface area contributed by atoms with E-state index in [1.165, 1.54) is 0 Å². The molecule has 0 radical (unpaired) electrons. The van der Waals surface area contributed by atoms with Crippen LogP contribution in [0.25, 0.3) is 0 Å².